The van der Waals surface area contributed by atoms with Gasteiger partial charge in [0.05, 0.1) is 4.92 Å². The molecule has 0 spiro atoms. The van der Waals surface area contributed by atoms with Crippen LogP contribution in [-0.4, -0.2) is 28.4 Å². The Labute approximate surface area is 84.9 Å². The number of hydrogen-bond acceptors (Lipinski definition) is 5. The summed E-state index contributed by atoms with van der Waals surface area (Å²) in [5, 5.41) is 10.4. The van der Waals surface area contributed by atoms with Crippen LogP contribution in [0, 0.1) is 10.1 Å². The average molecular weight is 233 g/mol. The van der Waals surface area contributed by atoms with Crippen molar-refractivity contribution in [3.05, 3.63) is 34.0 Å². The normalized spacial score (nSPS) is 38.1. The Bertz CT molecular complexity index is 506. The van der Waals surface area contributed by atoms with Crippen molar-refractivity contribution in [2.24, 2.45) is 0 Å². The summed E-state index contributed by atoms with van der Waals surface area (Å²) in [4.78, 5) is 7.71. The number of nitrogens with zero attached hydrogens (tertiary/aromatic N) is 1. The molecule has 1 fully saturated rings. The lowest BCUT2D eigenvalue weighted by molar-refractivity contribution is -0.419. The van der Waals surface area contributed by atoms with E-state index >= 15 is 0 Å². The Morgan fingerprint density at radius 2 is 2.20 bits per heavy atom. The number of nitro groups is 1. The van der Waals surface area contributed by atoms with Gasteiger partial charge in [-0.3, -0.25) is 14.7 Å². The number of allylic oxidation sites excluding steroid dienone is 1. The molecule has 7 nitrogen and oxygen atoms in total. The zero-order valence-corrected chi connectivity index (χ0v) is 8.39. The summed E-state index contributed by atoms with van der Waals surface area (Å²) >= 11 is 0. The second kappa shape index (κ2) is 2.46. The van der Waals surface area contributed by atoms with E-state index in [0.717, 1.165) is 12.2 Å². The molecule has 1 heterocycles. The van der Waals surface area contributed by atoms with Crippen molar-refractivity contribution >= 4 is 10.1 Å². The summed E-state index contributed by atoms with van der Waals surface area (Å²) in [6.45, 7) is 1.42. The molecule has 1 aliphatic carbocycles. The van der Waals surface area contributed by atoms with Gasteiger partial charge in [-0.05, 0) is 13.0 Å². The predicted molar refractivity (Wildman–Crippen MR) is 48.0 cm³/mol. The molecule has 0 saturated carbocycles. The number of rotatable bonds is 2. The Morgan fingerprint density at radius 1 is 1.60 bits per heavy atom. The smallest absolute Gasteiger partial charge is 0.302 e. The zero-order valence-electron chi connectivity index (χ0n) is 7.58. The highest BCUT2D eigenvalue weighted by atomic mass is 32.2. The first-order chi connectivity index (χ1) is 6.72. The van der Waals surface area contributed by atoms with E-state index in [2.05, 4.69) is 0 Å². The Morgan fingerprint density at radius 3 is 2.67 bits per heavy atom. The summed E-state index contributed by atoms with van der Waals surface area (Å²) in [6.07, 6.45) is 3.21. The van der Waals surface area contributed by atoms with E-state index in [-0.39, 0.29) is 0 Å². The summed E-state index contributed by atoms with van der Waals surface area (Å²) < 4.78 is 36.0. The van der Waals surface area contributed by atoms with Crippen molar-refractivity contribution in [3.8, 4) is 0 Å². The summed E-state index contributed by atoms with van der Waals surface area (Å²) in [6, 6.07) is 0. The van der Waals surface area contributed by atoms with Gasteiger partial charge < -0.3 is 4.74 Å². The Kier molecular flexibility index (Phi) is 1.68. The second-order valence-electron chi connectivity index (χ2n) is 3.51. The maximum atomic E-state index is 11.1. The van der Waals surface area contributed by atoms with Gasteiger partial charge >= 0.3 is 10.1 Å². The first-order valence-corrected chi connectivity index (χ1v) is 5.40. The number of ether oxygens (including phenoxy) is 1. The van der Waals surface area contributed by atoms with Crippen LogP contribution < -0.4 is 0 Å². The lowest BCUT2D eigenvalue weighted by Gasteiger charge is -2.09. The molecule has 0 radical (unpaired) electrons. The van der Waals surface area contributed by atoms with Crippen molar-refractivity contribution in [3.63, 3.8) is 0 Å². The lowest BCUT2D eigenvalue weighted by Crippen LogP contribution is -2.32. The summed E-state index contributed by atoms with van der Waals surface area (Å²) in [5.74, 6) is 0. The van der Waals surface area contributed by atoms with Crippen molar-refractivity contribution < 1.29 is 22.6 Å². The van der Waals surface area contributed by atoms with Gasteiger partial charge in [0.1, 0.15) is 5.60 Å². The molecule has 82 valence electrons. The van der Waals surface area contributed by atoms with Crippen molar-refractivity contribution in [2.75, 3.05) is 0 Å². The van der Waals surface area contributed by atoms with E-state index in [1.807, 2.05) is 0 Å². The molecule has 1 saturated heterocycles. The number of epoxide rings is 1. The number of fused-ring (bicyclic) bond motifs is 1. The largest absolute Gasteiger partial charge is 0.335 e. The first-order valence-electron chi connectivity index (χ1n) is 3.96. The van der Waals surface area contributed by atoms with Crippen LogP contribution in [0.1, 0.15) is 6.92 Å². The van der Waals surface area contributed by atoms with Crippen molar-refractivity contribution in [2.45, 2.75) is 17.5 Å². The quantitative estimate of drug-likeness (QED) is 0.313. The van der Waals surface area contributed by atoms with E-state index in [1.54, 1.807) is 0 Å². The molecular weight excluding hydrogens is 226 g/mol. The highest BCUT2D eigenvalue weighted by molar-refractivity contribution is 7.87. The van der Waals surface area contributed by atoms with Crippen molar-refractivity contribution in [1.29, 1.82) is 0 Å². The minimum absolute atomic E-state index is 0.414. The average Bonchev–Trinajstić information content (AvgIpc) is 2.69. The predicted octanol–water partition coefficient (Wildman–Crippen LogP) is 0.0898. The minimum Gasteiger partial charge on any atom is -0.335 e. The third-order valence-electron chi connectivity index (χ3n) is 2.52. The van der Waals surface area contributed by atoms with E-state index < -0.39 is 31.3 Å². The van der Waals surface area contributed by atoms with Gasteiger partial charge in [-0.1, -0.05) is 0 Å². The monoisotopic (exact) mass is 233 g/mol. The van der Waals surface area contributed by atoms with Crippen LogP contribution in [0.15, 0.2) is 23.9 Å². The van der Waals surface area contributed by atoms with E-state index in [4.69, 9.17) is 9.29 Å². The molecule has 0 aromatic carbocycles. The van der Waals surface area contributed by atoms with Gasteiger partial charge in [0.2, 0.25) is 0 Å². The molecule has 2 aliphatic rings. The Balaban J connectivity index is 2.55. The van der Waals surface area contributed by atoms with Crippen LogP contribution >= 0.6 is 0 Å². The van der Waals surface area contributed by atoms with Crippen LogP contribution in [0.4, 0.5) is 0 Å². The second-order valence-corrected chi connectivity index (χ2v) is 5.07. The molecule has 0 aromatic heterocycles. The third-order valence-corrected chi connectivity index (χ3v) is 3.89. The fourth-order valence-electron chi connectivity index (χ4n) is 1.60. The third kappa shape index (κ3) is 1.15. The van der Waals surface area contributed by atoms with Crippen LogP contribution in [-0.2, 0) is 14.9 Å². The summed E-state index contributed by atoms with van der Waals surface area (Å²) in [5.41, 5.74) is -1.62. The molecule has 1 aliphatic heterocycles. The van der Waals surface area contributed by atoms with E-state index in [1.165, 1.54) is 13.0 Å². The van der Waals surface area contributed by atoms with E-state index in [9.17, 15) is 18.5 Å². The number of hydrogen-bond donors (Lipinski definition) is 1. The van der Waals surface area contributed by atoms with Gasteiger partial charge in [0.15, 0.2) is 0 Å². The van der Waals surface area contributed by atoms with Gasteiger partial charge in [-0.2, -0.15) is 8.42 Å². The molecule has 0 bridgehead atoms. The van der Waals surface area contributed by atoms with E-state index in [0.29, 0.717) is 0 Å². The standard InChI is InChI=1S/C7H7NO6S/c1-6-3-2-5(8(9)10)4-7(6,14-6)15(11,12)13/h2-4H,1H3,(H,11,12,13). The Hall–Kier alpha value is -1.25. The maximum Gasteiger partial charge on any atom is 0.302 e. The van der Waals surface area contributed by atoms with Crippen LogP contribution in [0.25, 0.3) is 0 Å². The molecule has 2 rings (SSSR count). The SMILES string of the molecule is CC12C=CC([N+](=O)[O-])=CC1(S(=O)(=O)O)O2. The highest BCUT2D eigenvalue weighted by Gasteiger charge is 2.75. The fraction of sp³-hybridized carbons (Fsp3) is 0.429. The molecule has 1 N–H and O–H groups in total. The van der Waals surface area contributed by atoms with Gasteiger partial charge in [0.25, 0.3) is 10.6 Å². The molecule has 2 unspecified atom stereocenters. The minimum atomic E-state index is -4.53. The highest BCUT2D eigenvalue weighted by Crippen LogP contribution is 2.55. The van der Waals surface area contributed by atoms with Gasteiger partial charge in [0, 0.05) is 12.2 Å². The fourth-order valence-corrected chi connectivity index (χ4v) is 2.72. The topological polar surface area (TPSA) is 110 Å². The molecular formula is C7H7NO6S. The molecule has 2 atom stereocenters. The molecule has 8 heteroatoms. The molecule has 15 heavy (non-hydrogen) atoms. The molecule has 0 aromatic rings. The summed E-state index contributed by atoms with van der Waals surface area (Å²) in [7, 11) is -4.53. The first kappa shape index (κ1) is 10.3. The maximum absolute atomic E-state index is 11.1. The van der Waals surface area contributed by atoms with Gasteiger partial charge in [-0.15, -0.1) is 0 Å². The molecule has 0 amide bonds. The van der Waals surface area contributed by atoms with Crippen molar-refractivity contribution in [1.82, 2.24) is 0 Å². The van der Waals surface area contributed by atoms with Crippen LogP contribution in [0.2, 0.25) is 0 Å². The van der Waals surface area contributed by atoms with Crippen LogP contribution in [0.5, 0.6) is 0 Å². The van der Waals surface area contributed by atoms with Gasteiger partial charge in [-0.25, -0.2) is 0 Å². The lowest BCUT2D eigenvalue weighted by atomic mass is 10.0. The zero-order chi connectivity index (χ0) is 11.5. The van der Waals surface area contributed by atoms with Crippen LogP contribution in [0.3, 0.4) is 0 Å².